The minimum absolute atomic E-state index is 0.602. The molecule has 0 saturated heterocycles. The smallest absolute Gasteiger partial charge is 0.127 e. The van der Waals surface area contributed by atoms with Crippen LogP contribution >= 0.6 is 0 Å². The Hall–Kier alpha value is -2.38. The third kappa shape index (κ3) is 3.81. The number of rotatable bonds is 6. The zero-order chi connectivity index (χ0) is 14.2. The molecule has 4 nitrogen and oxygen atoms in total. The Balaban J connectivity index is 2.05. The lowest BCUT2D eigenvalue weighted by atomic mass is 10.1. The summed E-state index contributed by atoms with van der Waals surface area (Å²) < 4.78 is 5.46. The third-order valence-electron chi connectivity index (χ3n) is 2.93. The van der Waals surface area contributed by atoms with E-state index in [9.17, 15) is 0 Å². The van der Waals surface area contributed by atoms with Crippen molar-refractivity contribution < 1.29 is 4.74 Å². The molecule has 4 heteroatoms. The number of pyridine rings is 1. The maximum Gasteiger partial charge on any atom is 0.127 e. The molecule has 0 aliphatic heterocycles. The number of ether oxygens (including phenoxy) is 1. The number of hydrogen-bond donors (Lipinski definition) is 1. The van der Waals surface area contributed by atoms with Crippen molar-refractivity contribution >= 4 is 5.82 Å². The average Bonchev–Trinajstić information content (AvgIpc) is 2.52. The van der Waals surface area contributed by atoms with Gasteiger partial charge in [-0.05, 0) is 30.2 Å². The Morgan fingerprint density at radius 1 is 1.25 bits per heavy atom. The van der Waals surface area contributed by atoms with Gasteiger partial charge in [0.2, 0.25) is 0 Å². The quantitative estimate of drug-likeness (QED) is 0.873. The van der Waals surface area contributed by atoms with Gasteiger partial charge in [0.05, 0.1) is 18.2 Å². The van der Waals surface area contributed by atoms with Crippen molar-refractivity contribution in [2.75, 3.05) is 11.9 Å². The lowest BCUT2D eigenvalue weighted by Gasteiger charge is -2.11. The van der Waals surface area contributed by atoms with Gasteiger partial charge >= 0.3 is 0 Å². The van der Waals surface area contributed by atoms with Crippen LogP contribution in [0.3, 0.4) is 0 Å². The molecule has 1 heterocycles. The van der Waals surface area contributed by atoms with Crippen molar-refractivity contribution in [3.05, 3.63) is 59.3 Å². The summed E-state index contributed by atoms with van der Waals surface area (Å²) in [5.74, 6) is 0.704. The van der Waals surface area contributed by atoms with Gasteiger partial charge in [0.15, 0.2) is 0 Å². The predicted molar refractivity (Wildman–Crippen MR) is 78.1 cm³/mol. The summed E-state index contributed by atoms with van der Waals surface area (Å²) in [5.41, 5.74) is 2.94. The summed E-state index contributed by atoms with van der Waals surface area (Å²) in [5, 5.41) is 12.1. The topological polar surface area (TPSA) is 57.9 Å². The first kappa shape index (κ1) is 14.0. The summed E-state index contributed by atoms with van der Waals surface area (Å²) in [6.45, 7) is 3.96. The summed E-state index contributed by atoms with van der Waals surface area (Å²) >= 11 is 0. The zero-order valence-corrected chi connectivity index (χ0v) is 11.5. The summed E-state index contributed by atoms with van der Waals surface area (Å²) in [6, 6.07) is 13.7. The molecule has 0 radical (unpaired) electrons. The first-order valence-corrected chi connectivity index (χ1v) is 6.58. The van der Waals surface area contributed by atoms with Crippen LogP contribution < -0.4 is 5.32 Å². The molecule has 1 N–H and O–H groups in total. The highest BCUT2D eigenvalue weighted by Crippen LogP contribution is 2.13. The molecule has 0 amide bonds. The van der Waals surface area contributed by atoms with Crippen LogP contribution in [0.4, 0.5) is 5.82 Å². The molecule has 2 rings (SSSR count). The average molecular weight is 267 g/mol. The van der Waals surface area contributed by atoms with Gasteiger partial charge < -0.3 is 10.1 Å². The van der Waals surface area contributed by atoms with Gasteiger partial charge in [0, 0.05) is 19.3 Å². The van der Waals surface area contributed by atoms with Gasteiger partial charge in [-0.1, -0.05) is 24.3 Å². The molecule has 0 saturated carbocycles. The second-order valence-electron chi connectivity index (χ2n) is 4.30. The van der Waals surface area contributed by atoms with E-state index in [1.807, 2.05) is 19.1 Å². The van der Waals surface area contributed by atoms with Crippen molar-refractivity contribution in [2.45, 2.75) is 20.1 Å². The zero-order valence-electron chi connectivity index (χ0n) is 11.5. The van der Waals surface area contributed by atoms with Crippen molar-refractivity contribution in [2.24, 2.45) is 0 Å². The summed E-state index contributed by atoms with van der Waals surface area (Å²) in [7, 11) is 0. The van der Waals surface area contributed by atoms with Crippen LogP contribution in [0.1, 0.15) is 23.6 Å². The summed E-state index contributed by atoms with van der Waals surface area (Å²) in [6.07, 6.45) is 1.63. The Morgan fingerprint density at radius 3 is 2.80 bits per heavy atom. The molecule has 0 unspecified atom stereocenters. The van der Waals surface area contributed by atoms with Crippen LogP contribution in [-0.2, 0) is 17.9 Å². The van der Waals surface area contributed by atoms with E-state index < -0.39 is 0 Å². The number of hydrogen-bond acceptors (Lipinski definition) is 4. The third-order valence-corrected chi connectivity index (χ3v) is 2.93. The van der Waals surface area contributed by atoms with Gasteiger partial charge in [0.1, 0.15) is 5.82 Å². The van der Waals surface area contributed by atoms with Crippen LogP contribution in [-0.4, -0.2) is 11.6 Å². The van der Waals surface area contributed by atoms with Gasteiger partial charge in [-0.3, -0.25) is 0 Å². The molecular formula is C16H17N3O. The number of nitrogens with one attached hydrogen (secondary N) is 1. The minimum Gasteiger partial charge on any atom is -0.377 e. The number of nitrogens with zero attached hydrogens (tertiary/aromatic N) is 2. The van der Waals surface area contributed by atoms with Crippen molar-refractivity contribution in [1.29, 1.82) is 5.26 Å². The Labute approximate surface area is 119 Å². The van der Waals surface area contributed by atoms with E-state index in [1.54, 1.807) is 18.3 Å². The fraction of sp³-hybridized carbons (Fsp3) is 0.250. The summed E-state index contributed by atoms with van der Waals surface area (Å²) in [4.78, 5) is 4.20. The van der Waals surface area contributed by atoms with Crippen molar-refractivity contribution in [1.82, 2.24) is 4.98 Å². The molecule has 0 atom stereocenters. The highest BCUT2D eigenvalue weighted by atomic mass is 16.5. The normalized spacial score (nSPS) is 10.0. The molecule has 20 heavy (non-hydrogen) atoms. The fourth-order valence-electron chi connectivity index (χ4n) is 1.87. The predicted octanol–water partition coefficient (Wildman–Crippen LogP) is 3.10. The maximum absolute atomic E-state index is 8.87. The number of benzene rings is 1. The Morgan fingerprint density at radius 2 is 2.05 bits per heavy atom. The van der Waals surface area contributed by atoms with Gasteiger partial charge in [0.25, 0.3) is 0 Å². The Bertz CT molecular complexity index is 605. The van der Waals surface area contributed by atoms with Crippen LogP contribution in [0.5, 0.6) is 0 Å². The largest absolute Gasteiger partial charge is 0.377 e. The van der Waals surface area contributed by atoms with Crippen molar-refractivity contribution in [3.63, 3.8) is 0 Å². The molecule has 0 aliphatic carbocycles. The first-order chi connectivity index (χ1) is 9.83. The lowest BCUT2D eigenvalue weighted by Crippen LogP contribution is -2.05. The second kappa shape index (κ2) is 7.27. The van der Waals surface area contributed by atoms with Crippen LogP contribution in [0, 0.1) is 11.3 Å². The van der Waals surface area contributed by atoms with E-state index in [0.29, 0.717) is 31.1 Å². The van der Waals surface area contributed by atoms with E-state index in [0.717, 1.165) is 0 Å². The van der Waals surface area contributed by atoms with E-state index in [1.165, 1.54) is 11.1 Å². The van der Waals surface area contributed by atoms with Crippen molar-refractivity contribution in [3.8, 4) is 6.07 Å². The molecule has 0 bridgehead atoms. The molecule has 0 spiro atoms. The lowest BCUT2D eigenvalue weighted by molar-refractivity contribution is 0.133. The molecule has 102 valence electrons. The van der Waals surface area contributed by atoms with E-state index >= 15 is 0 Å². The molecule has 0 fully saturated rings. The monoisotopic (exact) mass is 267 g/mol. The molecule has 1 aromatic heterocycles. The number of anilines is 1. The molecule has 1 aromatic carbocycles. The van der Waals surface area contributed by atoms with E-state index in [2.05, 4.69) is 28.5 Å². The molecule has 0 aliphatic rings. The van der Waals surface area contributed by atoms with Gasteiger partial charge in [-0.15, -0.1) is 0 Å². The van der Waals surface area contributed by atoms with Gasteiger partial charge in [-0.25, -0.2) is 4.98 Å². The van der Waals surface area contributed by atoms with Crippen LogP contribution in [0.15, 0.2) is 42.6 Å². The SMILES string of the molecule is CCOCc1ccccc1CNc1cc(C#N)ccn1. The second-order valence-corrected chi connectivity index (χ2v) is 4.30. The first-order valence-electron chi connectivity index (χ1n) is 6.58. The Kier molecular flexibility index (Phi) is 5.10. The highest BCUT2D eigenvalue weighted by molar-refractivity contribution is 5.43. The number of aromatic nitrogens is 1. The van der Waals surface area contributed by atoms with Gasteiger partial charge in [-0.2, -0.15) is 5.26 Å². The molecular weight excluding hydrogens is 250 g/mol. The minimum atomic E-state index is 0.602. The maximum atomic E-state index is 8.87. The molecule has 2 aromatic rings. The standard InChI is InChI=1S/C16H17N3O/c1-2-20-12-15-6-4-3-5-14(15)11-19-16-9-13(10-17)7-8-18-16/h3-9H,2,11-12H2,1H3,(H,18,19). The number of nitriles is 1. The fourth-order valence-corrected chi connectivity index (χ4v) is 1.87. The van der Waals surface area contributed by atoms with Crippen LogP contribution in [0.2, 0.25) is 0 Å². The van der Waals surface area contributed by atoms with Crippen LogP contribution in [0.25, 0.3) is 0 Å². The van der Waals surface area contributed by atoms with E-state index in [4.69, 9.17) is 10.00 Å². The highest BCUT2D eigenvalue weighted by Gasteiger charge is 2.02. The van der Waals surface area contributed by atoms with E-state index in [-0.39, 0.29) is 0 Å².